The van der Waals surface area contributed by atoms with Crippen LogP contribution in [0.25, 0.3) is 0 Å². The van der Waals surface area contributed by atoms with Crippen LogP contribution in [0, 0.1) is 34.5 Å². The number of carbonyl (C=O) groups excluding carboxylic acids is 1. The molecule has 9 unspecified atom stereocenters. The summed E-state index contributed by atoms with van der Waals surface area (Å²) in [6.07, 6.45) is 19.7. The van der Waals surface area contributed by atoms with Gasteiger partial charge in [-0.2, -0.15) is 0 Å². The number of carboxylic acids is 1. The van der Waals surface area contributed by atoms with Gasteiger partial charge in [0.05, 0.1) is 13.1 Å². The van der Waals surface area contributed by atoms with Crippen molar-refractivity contribution in [2.45, 2.75) is 136 Å². The normalized spacial score (nSPS) is 44.7. The number of hydrogen-bond donors (Lipinski definition) is 2. The maximum atomic E-state index is 12.3. The maximum Gasteiger partial charge on any atom is 0.303 e. The second kappa shape index (κ2) is 12.0. The summed E-state index contributed by atoms with van der Waals surface area (Å²) < 4.78 is 6.29. The lowest BCUT2D eigenvalue weighted by atomic mass is 9.45. The van der Waals surface area contributed by atoms with E-state index in [1.165, 1.54) is 116 Å². The highest BCUT2D eigenvalue weighted by molar-refractivity contribution is 5.66. The van der Waals surface area contributed by atoms with E-state index in [0.717, 1.165) is 36.6 Å². The van der Waals surface area contributed by atoms with Gasteiger partial charge in [-0.3, -0.25) is 9.59 Å². The number of nitrogens with one attached hydrogen (secondary N) is 1. The molecule has 6 nitrogen and oxygen atoms in total. The summed E-state index contributed by atoms with van der Waals surface area (Å²) in [6.45, 7) is 13.3. The van der Waals surface area contributed by atoms with E-state index in [1.54, 1.807) is 11.8 Å². The number of hydrogen-bond acceptors (Lipinski definition) is 4. The first kappa shape index (κ1) is 29.4. The van der Waals surface area contributed by atoms with Crippen LogP contribution in [0.1, 0.15) is 118 Å². The quantitative estimate of drug-likeness (QED) is 0.491. The Bertz CT molecular complexity index is 864. The molecule has 6 aliphatic rings. The summed E-state index contributed by atoms with van der Waals surface area (Å²) in [7, 11) is 0. The molecule has 0 aromatic rings. The zero-order valence-electron chi connectivity index (χ0n) is 25.4. The average molecular weight is 546 g/mol. The third kappa shape index (κ3) is 5.80. The summed E-state index contributed by atoms with van der Waals surface area (Å²) in [5.74, 6) is 2.55. The molecule has 0 spiro atoms. The van der Waals surface area contributed by atoms with E-state index in [1.807, 2.05) is 0 Å². The summed E-state index contributed by atoms with van der Waals surface area (Å²) in [5.41, 5.74) is 0.712. The van der Waals surface area contributed by atoms with Crippen molar-refractivity contribution >= 4 is 11.9 Å². The number of nitrogens with zero attached hydrogens (tertiary/aromatic N) is 1. The molecule has 4 aliphatic carbocycles. The molecule has 0 bridgehead atoms. The van der Waals surface area contributed by atoms with Crippen molar-refractivity contribution in [3.05, 3.63) is 0 Å². The Morgan fingerprint density at radius 1 is 0.846 bits per heavy atom. The van der Waals surface area contributed by atoms with E-state index >= 15 is 0 Å². The smallest absolute Gasteiger partial charge is 0.303 e. The summed E-state index contributed by atoms with van der Waals surface area (Å²) in [6, 6.07) is 1.37. The summed E-state index contributed by atoms with van der Waals surface area (Å²) >= 11 is 0. The minimum Gasteiger partial charge on any atom is -0.481 e. The highest BCUT2D eigenvalue weighted by Crippen LogP contribution is 2.66. The largest absolute Gasteiger partial charge is 0.481 e. The van der Waals surface area contributed by atoms with Gasteiger partial charge in [0.15, 0.2) is 6.10 Å². The Hall–Kier alpha value is -1.14. The average Bonchev–Trinajstić information content (AvgIpc) is 3.20. The summed E-state index contributed by atoms with van der Waals surface area (Å²) in [4.78, 5) is 26.0. The van der Waals surface area contributed by atoms with Crippen LogP contribution in [0.15, 0.2) is 0 Å². The van der Waals surface area contributed by atoms with Gasteiger partial charge in [-0.15, -0.1) is 0 Å². The number of rotatable bonds is 3. The van der Waals surface area contributed by atoms with Gasteiger partial charge in [0.2, 0.25) is 0 Å². The molecular weight excluding hydrogens is 488 g/mol. The van der Waals surface area contributed by atoms with Crippen molar-refractivity contribution in [1.29, 1.82) is 0 Å². The van der Waals surface area contributed by atoms with Crippen LogP contribution >= 0.6 is 0 Å². The second-order valence-corrected chi connectivity index (χ2v) is 14.8. The number of likely N-dealkylation sites (tertiary alicyclic amines) is 2. The SMILES string of the molecule is CC(=O)O.CC(=O)OC1C([NH+]2CCCCC2)CC2C3CCC4CCC(N5CCCCC5)CC4(C)C3CCC21C. The van der Waals surface area contributed by atoms with E-state index in [-0.39, 0.29) is 17.5 Å². The molecule has 0 radical (unpaired) electrons. The van der Waals surface area contributed by atoms with Gasteiger partial charge in [-0.05, 0) is 119 Å². The standard InChI is InChI=1S/C31H52N2O2.C2H4O2/c1-22(34)35-29-28(33-18-8-5-9-19-33)20-27-25-13-11-23-10-12-24(32-16-6-4-7-17-32)21-31(23,3)26(25)14-15-30(27,29)2;1-2(3)4/h23-29H,4-21H2,1-3H3;1H3,(H,3,4)/p+1. The lowest BCUT2D eigenvalue weighted by Crippen LogP contribution is -3.17. The predicted molar refractivity (Wildman–Crippen MR) is 154 cm³/mol. The van der Waals surface area contributed by atoms with Gasteiger partial charge in [0.1, 0.15) is 6.04 Å². The first-order valence-electron chi connectivity index (χ1n) is 16.6. The Kier molecular flexibility index (Phi) is 9.03. The number of quaternary nitrogens is 1. The molecule has 4 saturated carbocycles. The number of carboxylic acid groups (broad SMARTS) is 1. The van der Waals surface area contributed by atoms with E-state index in [0.29, 0.717) is 11.5 Å². The molecule has 6 rings (SSSR count). The predicted octanol–water partition coefficient (Wildman–Crippen LogP) is 4.95. The molecule has 0 amide bonds. The van der Waals surface area contributed by atoms with Gasteiger partial charge < -0.3 is 19.6 Å². The highest BCUT2D eigenvalue weighted by atomic mass is 16.5. The Balaban J connectivity index is 0.000000723. The monoisotopic (exact) mass is 545 g/mol. The lowest BCUT2D eigenvalue weighted by Gasteiger charge is -2.61. The molecule has 2 heterocycles. The van der Waals surface area contributed by atoms with Crippen molar-refractivity contribution in [2.24, 2.45) is 34.5 Å². The van der Waals surface area contributed by atoms with Crippen molar-refractivity contribution in [1.82, 2.24) is 4.90 Å². The molecular formula is C33H57N2O4+. The zero-order chi connectivity index (χ0) is 27.8. The lowest BCUT2D eigenvalue weighted by molar-refractivity contribution is -0.932. The van der Waals surface area contributed by atoms with Gasteiger partial charge in [0, 0.05) is 31.7 Å². The molecule has 222 valence electrons. The maximum absolute atomic E-state index is 12.3. The number of carbonyl (C=O) groups is 2. The molecule has 2 aliphatic heterocycles. The number of esters is 1. The topological polar surface area (TPSA) is 71.3 Å². The third-order valence-electron chi connectivity index (χ3n) is 12.8. The van der Waals surface area contributed by atoms with Crippen molar-refractivity contribution < 1.29 is 24.3 Å². The van der Waals surface area contributed by atoms with Gasteiger partial charge in [0.25, 0.3) is 5.97 Å². The third-order valence-corrected chi connectivity index (χ3v) is 12.8. The van der Waals surface area contributed by atoms with Gasteiger partial charge in [-0.1, -0.05) is 20.3 Å². The minimum atomic E-state index is -0.833. The summed E-state index contributed by atoms with van der Waals surface area (Å²) in [5, 5.41) is 7.42. The van der Waals surface area contributed by atoms with Crippen LogP contribution < -0.4 is 4.90 Å². The van der Waals surface area contributed by atoms with Crippen molar-refractivity contribution in [3.63, 3.8) is 0 Å². The molecule has 9 atom stereocenters. The minimum absolute atomic E-state index is 0.0484. The fourth-order valence-corrected chi connectivity index (χ4v) is 11.1. The van der Waals surface area contributed by atoms with E-state index in [2.05, 4.69) is 18.7 Å². The van der Waals surface area contributed by atoms with E-state index in [9.17, 15) is 4.79 Å². The van der Waals surface area contributed by atoms with Crippen LogP contribution in [0.2, 0.25) is 0 Å². The number of aliphatic carboxylic acids is 1. The molecule has 0 aromatic carbocycles. The molecule has 2 N–H and O–H groups in total. The first-order chi connectivity index (χ1) is 18.6. The van der Waals surface area contributed by atoms with Gasteiger partial charge in [-0.25, -0.2) is 0 Å². The number of fused-ring (bicyclic) bond motifs is 5. The van der Waals surface area contributed by atoms with Crippen LogP contribution in [-0.4, -0.2) is 66.3 Å². The number of ether oxygens (including phenoxy) is 1. The first-order valence-corrected chi connectivity index (χ1v) is 16.6. The molecule has 6 fully saturated rings. The van der Waals surface area contributed by atoms with Crippen LogP contribution in [0.3, 0.4) is 0 Å². The Morgan fingerprint density at radius 2 is 1.49 bits per heavy atom. The molecule has 0 aromatic heterocycles. The second-order valence-electron chi connectivity index (χ2n) is 14.8. The number of piperidine rings is 2. The Morgan fingerprint density at radius 3 is 2.15 bits per heavy atom. The van der Waals surface area contributed by atoms with Crippen LogP contribution in [0.5, 0.6) is 0 Å². The van der Waals surface area contributed by atoms with Crippen LogP contribution in [0.4, 0.5) is 0 Å². The van der Waals surface area contributed by atoms with E-state index in [4.69, 9.17) is 14.6 Å². The molecule has 39 heavy (non-hydrogen) atoms. The van der Waals surface area contributed by atoms with Gasteiger partial charge >= 0.3 is 5.97 Å². The fraction of sp³-hybridized carbons (Fsp3) is 0.939. The molecule has 2 saturated heterocycles. The van der Waals surface area contributed by atoms with Crippen LogP contribution in [-0.2, 0) is 14.3 Å². The van der Waals surface area contributed by atoms with Crippen molar-refractivity contribution in [2.75, 3.05) is 26.2 Å². The zero-order valence-corrected chi connectivity index (χ0v) is 25.4. The van der Waals surface area contributed by atoms with Crippen molar-refractivity contribution in [3.8, 4) is 0 Å². The Labute approximate surface area is 237 Å². The fourth-order valence-electron chi connectivity index (χ4n) is 11.1. The van der Waals surface area contributed by atoms with E-state index < -0.39 is 5.97 Å². The molecule has 6 heteroatoms. The highest BCUT2D eigenvalue weighted by Gasteiger charge is 2.65.